The summed E-state index contributed by atoms with van der Waals surface area (Å²) in [5.41, 5.74) is 11.0. The van der Waals surface area contributed by atoms with Gasteiger partial charge in [-0.25, -0.2) is 14.5 Å². The first-order chi connectivity index (χ1) is 20.1. The molecule has 1 aliphatic carbocycles. The Morgan fingerprint density at radius 3 is 2.51 bits per heavy atom. The number of aromatic nitrogens is 5. The van der Waals surface area contributed by atoms with Crippen LogP contribution in [0.2, 0.25) is 0 Å². The van der Waals surface area contributed by atoms with Crippen molar-refractivity contribution in [2.24, 2.45) is 5.92 Å². The molecule has 4 aromatic rings. The second-order valence-electron chi connectivity index (χ2n) is 10.9. The summed E-state index contributed by atoms with van der Waals surface area (Å²) in [4.78, 5) is 25.8. The first-order valence-corrected chi connectivity index (χ1v) is 14.9. The number of carbonyl (C=O) groups is 1. The lowest BCUT2D eigenvalue weighted by Crippen LogP contribution is -2.22. The van der Waals surface area contributed by atoms with Gasteiger partial charge in [-0.3, -0.25) is 4.79 Å². The number of H-pyrrole nitrogens is 1. The fourth-order valence-electron chi connectivity index (χ4n) is 5.78. The van der Waals surface area contributed by atoms with E-state index in [2.05, 4.69) is 53.2 Å². The van der Waals surface area contributed by atoms with Crippen LogP contribution in [0.25, 0.3) is 27.8 Å². The maximum atomic E-state index is 12.9. The smallest absolute Gasteiger partial charge is 0.153 e. The van der Waals surface area contributed by atoms with Gasteiger partial charge in [-0.05, 0) is 57.1 Å². The number of hydrogen-bond acceptors (Lipinski definition) is 8. The number of anilines is 1. The van der Waals surface area contributed by atoms with E-state index < -0.39 is 0 Å². The van der Waals surface area contributed by atoms with Crippen molar-refractivity contribution in [1.82, 2.24) is 24.6 Å². The van der Waals surface area contributed by atoms with Gasteiger partial charge >= 0.3 is 0 Å². The second-order valence-corrected chi connectivity index (χ2v) is 10.9. The molecule has 0 amide bonds. The van der Waals surface area contributed by atoms with Gasteiger partial charge in [0.15, 0.2) is 5.82 Å². The molecular formula is C31H42N6O4. The molecule has 3 N–H and O–H groups in total. The third-order valence-corrected chi connectivity index (χ3v) is 7.96. The number of carbonyl (C=O) groups excluding carboxylic acids is 1. The Balaban J connectivity index is 1.13. The Morgan fingerprint density at radius 2 is 1.78 bits per heavy atom. The number of nitrogens with two attached hydrogens (primary N) is 1. The Kier molecular flexibility index (Phi) is 9.97. The zero-order valence-corrected chi connectivity index (χ0v) is 24.2. The molecule has 3 aromatic heterocycles. The van der Waals surface area contributed by atoms with E-state index >= 15 is 0 Å². The molecule has 0 radical (unpaired) electrons. The van der Waals surface area contributed by atoms with Crippen LogP contribution in [-0.2, 0) is 19.0 Å². The standard InChI is InChI=1S/C31H42N6O4/c1-3-13-39-15-17-41-18-16-40-14-5-8-26(38)22-9-11-23(12-10-22)31-36-28(29-30(32)33-20-34-37(29)31)25-19-24-7-4-6-21(2)27(24)35-25/h4,6-7,19-20,22-23,35H,3,5,8-18H2,1-2H3,(H2,32,33,34). The maximum Gasteiger partial charge on any atom is 0.153 e. The fourth-order valence-corrected chi connectivity index (χ4v) is 5.78. The van der Waals surface area contributed by atoms with Crippen molar-refractivity contribution in [2.45, 2.75) is 64.7 Å². The van der Waals surface area contributed by atoms with Gasteiger partial charge in [0.1, 0.15) is 29.1 Å². The number of hydrogen-bond donors (Lipinski definition) is 2. The van der Waals surface area contributed by atoms with Crippen LogP contribution in [0.15, 0.2) is 30.6 Å². The molecule has 0 bridgehead atoms. The Morgan fingerprint density at radius 1 is 1.05 bits per heavy atom. The third-order valence-electron chi connectivity index (χ3n) is 7.96. The second kappa shape index (κ2) is 14.0. The predicted octanol–water partition coefficient (Wildman–Crippen LogP) is 5.25. The molecule has 41 heavy (non-hydrogen) atoms. The van der Waals surface area contributed by atoms with Crippen molar-refractivity contribution >= 4 is 28.0 Å². The highest BCUT2D eigenvalue weighted by molar-refractivity contribution is 5.92. The van der Waals surface area contributed by atoms with E-state index in [0.29, 0.717) is 51.1 Å². The van der Waals surface area contributed by atoms with E-state index in [1.807, 2.05) is 4.52 Å². The molecule has 1 fully saturated rings. The highest BCUT2D eigenvalue weighted by Crippen LogP contribution is 2.39. The number of benzene rings is 1. The van der Waals surface area contributed by atoms with E-state index in [1.54, 1.807) is 0 Å². The van der Waals surface area contributed by atoms with Crippen LogP contribution < -0.4 is 5.73 Å². The summed E-state index contributed by atoms with van der Waals surface area (Å²) in [6.45, 7) is 7.82. The number of rotatable bonds is 15. The minimum absolute atomic E-state index is 0.0970. The third kappa shape index (κ3) is 6.94. The van der Waals surface area contributed by atoms with Gasteiger partial charge in [-0.2, -0.15) is 5.10 Å². The number of nitrogen functional groups attached to an aromatic ring is 1. The Labute approximate surface area is 241 Å². The number of imidazole rings is 1. The molecule has 10 nitrogen and oxygen atoms in total. The van der Waals surface area contributed by atoms with E-state index in [0.717, 1.165) is 78.8 Å². The monoisotopic (exact) mass is 562 g/mol. The number of nitrogens with zero attached hydrogens (tertiary/aromatic N) is 4. The van der Waals surface area contributed by atoms with Crippen molar-refractivity contribution in [1.29, 1.82) is 0 Å². The summed E-state index contributed by atoms with van der Waals surface area (Å²) >= 11 is 0. The summed E-state index contributed by atoms with van der Waals surface area (Å²) in [7, 11) is 0. The first-order valence-electron chi connectivity index (χ1n) is 14.9. The van der Waals surface area contributed by atoms with Crippen LogP contribution in [-0.4, -0.2) is 70.0 Å². The average molecular weight is 563 g/mol. The van der Waals surface area contributed by atoms with Crippen LogP contribution >= 0.6 is 0 Å². The van der Waals surface area contributed by atoms with Crippen LogP contribution in [0.5, 0.6) is 0 Å². The SMILES string of the molecule is CCCOCCOCCOCCCC(=O)C1CCC(c2nc(-c3cc4cccc(C)c4[nH]3)c3c(N)ncnn23)CC1. The predicted molar refractivity (Wildman–Crippen MR) is 159 cm³/mol. The quantitative estimate of drug-likeness (QED) is 0.188. The number of fused-ring (bicyclic) bond motifs is 2. The molecule has 0 unspecified atom stereocenters. The fraction of sp³-hybridized carbons (Fsp3) is 0.548. The number of Topliss-reactive ketones (excluding diaryl/α,β-unsaturated/α-hetero) is 1. The minimum atomic E-state index is 0.0970. The molecule has 0 saturated heterocycles. The number of ether oxygens (including phenoxy) is 3. The van der Waals surface area contributed by atoms with Crippen LogP contribution in [0.3, 0.4) is 0 Å². The van der Waals surface area contributed by atoms with Crippen molar-refractivity contribution in [3.05, 3.63) is 42.0 Å². The van der Waals surface area contributed by atoms with Gasteiger partial charge < -0.3 is 24.9 Å². The zero-order chi connectivity index (χ0) is 28.6. The van der Waals surface area contributed by atoms with Crippen LogP contribution in [0, 0.1) is 12.8 Å². The molecule has 1 saturated carbocycles. The molecule has 3 heterocycles. The Hall–Kier alpha value is -3.34. The van der Waals surface area contributed by atoms with Gasteiger partial charge in [0, 0.05) is 42.4 Å². The largest absolute Gasteiger partial charge is 0.382 e. The molecular weight excluding hydrogens is 520 g/mol. The first kappa shape index (κ1) is 29.2. The van der Waals surface area contributed by atoms with Crippen LogP contribution in [0.4, 0.5) is 5.82 Å². The number of aryl methyl sites for hydroxylation is 1. The molecule has 0 aliphatic heterocycles. The molecule has 0 atom stereocenters. The molecule has 10 heteroatoms. The minimum Gasteiger partial charge on any atom is -0.382 e. The van der Waals surface area contributed by atoms with E-state index in [9.17, 15) is 4.79 Å². The van der Waals surface area contributed by atoms with Crippen molar-refractivity contribution in [2.75, 3.05) is 45.4 Å². The number of aromatic amines is 1. The average Bonchev–Trinajstić information content (AvgIpc) is 3.60. The topological polar surface area (TPSA) is 130 Å². The van der Waals surface area contributed by atoms with Gasteiger partial charge in [0.05, 0.1) is 32.1 Å². The molecule has 5 rings (SSSR count). The molecule has 0 spiro atoms. The lowest BCUT2D eigenvalue weighted by Gasteiger charge is -2.26. The summed E-state index contributed by atoms with van der Waals surface area (Å²) in [6.07, 6.45) is 7.29. The Bertz CT molecular complexity index is 1440. The van der Waals surface area contributed by atoms with Gasteiger partial charge in [0.2, 0.25) is 0 Å². The summed E-state index contributed by atoms with van der Waals surface area (Å²) in [5, 5.41) is 5.66. The van der Waals surface area contributed by atoms with Crippen LogP contribution in [0.1, 0.15) is 69.2 Å². The van der Waals surface area contributed by atoms with Gasteiger partial charge in [0.25, 0.3) is 0 Å². The van der Waals surface area contributed by atoms with Crippen molar-refractivity contribution in [3.63, 3.8) is 0 Å². The molecule has 1 aliphatic rings. The van der Waals surface area contributed by atoms with Gasteiger partial charge in [-0.1, -0.05) is 25.1 Å². The van der Waals surface area contributed by atoms with E-state index in [4.69, 9.17) is 24.9 Å². The van der Waals surface area contributed by atoms with E-state index in [-0.39, 0.29) is 11.8 Å². The van der Waals surface area contributed by atoms with Gasteiger partial charge in [-0.15, -0.1) is 0 Å². The molecule has 220 valence electrons. The number of para-hydroxylation sites is 1. The van der Waals surface area contributed by atoms with Crippen molar-refractivity contribution in [3.8, 4) is 11.4 Å². The summed E-state index contributed by atoms with van der Waals surface area (Å²) in [5.74, 6) is 1.93. The molecule has 1 aromatic carbocycles. The summed E-state index contributed by atoms with van der Waals surface area (Å²) in [6, 6.07) is 8.34. The number of ketones is 1. The maximum absolute atomic E-state index is 12.9. The summed E-state index contributed by atoms with van der Waals surface area (Å²) < 4.78 is 18.4. The normalized spacial score (nSPS) is 17.5. The zero-order valence-electron chi connectivity index (χ0n) is 24.2. The lowest BCUT2D eigenvalue weighted by molar-refractivity contribution is -0.124. The number of nitrogens with one attached hydrogen (secondary N) is 1. The highest BCUT2D eigenvalue weighted by Gasteiger charge is 2.31. The van der Waals surface area contributed by atoms with E-state index in [1.165, 1.54) is 11.9 Å². The van der Waals surface area contributed by atoms with Crippen molar-refractivity contribution < 1.29 is 19.0 Å². The lowest BCUT2D eigenvalue weighted by atomic mass is 9.79. The highest BCUT2D eigenvalue weighted by atomic mass is 16.5.